The Balaban J connectivity index is 1.96. The first-order valence-electron chi connectivity index (χ1n) is 7.24. The van der Waals surface area contributed by atoms with Gasteiger partial charge in [-0.25, -0.2) is 4.39 Å². The van der Waals surface area contributed by atoms with E-state index in [1.165, 1.54) is 17.2 Å². The second-order valence-electron chi connectivity index (χ2n) is 5.50. The second kappa shape index (κ2) is 7.71. The zero-order chi connectivity index (χ0) is 15.2. The largest absolute Gasteiger partial charge is 0.317 e. The highest BCUT2D eigenvalue weighted by Gasteiger charge is 2.09. The molecule has 0 fully saturated rings. The van der Waals surface area contributed by atoms with Gasteiger partial charge in [-0.1, -0.05) is 45.8 Å². The SMILES string of the molecule is CNC(CCc1cccc(C)c1)Cc1cc(F)cc(Br)c1. The maximum absolute atomic E-state index is 13.4. The molecular formula is C18H21BrFN. The molecule has 0 radical (unpaired) electrons. The van der Waals surface area contributed by atoms with Crippen molar-refractivity contribution in [2.45, 2.75) is 32.2 Å². The summed E-state index contributed by atoms with van der Waals surface area (Å²) in [6.45, 7) is 2.11. The van der Waals surface area contributed by atoms with E-state index in [9.17, 15) is 4.39 Å². The molecule has 1 nitrogen and oxygen atoms in total. The Hall–Kier alpha value is -1.19. The smallest absolute Gasteiger partial charge is 0.124 e. The van der Waals surface area contributed by atoms with E-state index in [1.54, 1.807) is 6.07 Å². The summed E-state index contributed by atoms with van der Waals surface area (Å²) in [6, 6.07) is 14.0. The Morgan fingerprint density at radius 3 is 2.62 bits per heavy atom. The molecule has 2 aromatic carbocycles. The molecule has 0 heterocycles. The minimum Gasteiger partial charge on any atom is -0.317 e. The molecule has 1 N–H and O–H groups in total. The highest BCUT2D eigenvalue weighted by Crippen LogP contribution is 2.17. The van der Waals surface area contributed by atoms with E-state index in [1.807, 2.05) is 13.1 Å². The first-order chi connectivity index (χ1) is 10.1. The van der Waals surface area contributed by atoms with E-state index in [0.717, 1.165) is 29.3 Å². The highest BCUT2D eigenvalue weighted by molar-refractivity contribution is 9.10. The van der Waals surface area contributed by atoms with Crippen molar-refractivity contribution in [2.75, 3.05) is 7.05 Å². The van der Waals surface area contributed by atoms with E-state index in [4.69, 9.17) is 0 Å². The lowest BCUT2D eigenvalue weighted by atomic mass is 9.98. The monoisotopic (exact) mass is 349 g/mol. The third-order valence-electron chi connectivity index (χ3n) is 3.68. The predicted octanol–water partition coefficient (Wildman–Crippen LogP) is 4.66. The van der Waals surface area contributed by atoms with Crippen LogP contribution in [0.2, 0.25) is 0 Å². The van der Waals surface area contributed by atoms with Crippen LogP contribution in [-0.2, 0) is 12.8 Å². The first-order valence-corrected chi connectivity index (χ1v) is 8.04. The molecule has 0 aliphatic rings. The number of rotatable bonds is 6. The van der Waals surface area contributed by atoms with E-state index in [2.05, 4.69) is 52.4 Å². The van der Waals surface area contributed by atoms with Gasteiger partial charge in [0.15, 0.2) is 0 Å². The Kier molecular flexibility index (Phi) is 5.95. The minimum atomic E-state index is -0.187. The van der Waals surface area contributed by atoms with Crippen LogP contribution in [0.3, 0.4) is 0 Å². The van der Waals surface area contributed by atoms with Crippen LogP contribution in [0.5, 0.6) is 0 Å². The molecule has 0 amide bonds. The fourth-order valence-corrected chi connectivity index (χ4v) is 3.08. The lowest BCUT2D eigenvalue weighted by Crippen LogP contribution is -2.28. The number of aryl methyl sites for hydroxylation is 2. The molecule has 0 saturated heterocycles. The molecular weight excluding hydrogens is 329 g/mol. The van der Waals surface area contributed by atoms with Gasteiger partial charge in [0.1, 0.15) is 5.82 Å². The Bertz CT molecular complexity index is 577. The van der Waals surface area contributed by atoms with Gasteiger partial charge in [0.2, 0.25) is 0 Å². The number of halogens is 2. The van der Waals surface area contributed by atoms with Crippen molar-refractivity contribution in [3.8, 4) is 0 Å². The molecule has 0 bridgehead atoms. The normalized spacial score (nSPS) is 12.4. The fourth-order valence-electron chi connectivity index (χ4n) is 2.57. The van der Waals surface area contributed by atoms with Crippen LogP contribution in [-0.4, -0.2) is 13.1 Å². The van der Waals surface area contributed by atoms with Crippen LogP contribution < -0.4 is 5.32 Å². The number of likely N-dealkylation sites (N-methyl/N-ethyl adjacent to an activating group) is 1. The lowest BCUT2D eigenvalue weighted by Gasteiger charge is -2.16. The number of benzene rings is 2. The highest BCUT2D eigenvalue weighted by atomic mass is 79.9. The summed E-state index contributed by atoms with van der Waals surface area (Å²) in [5.41, 5.74) is 3.67. The number of nitrogens with one attached hydrogen (secondary N) is 1. The molecule has 112 valence electrons. The molecule has 0 saturated carbocycles. The summed E-state index contributed by atoms with van der Waals surface area (Å²) >= 11 is 3.35. The molecule has 3 heteroatoms. The van der Waals surface area contributed by atoms with E-state index < -0.39 is 0 Å². The standard InChI is InChI=1S/C18H21BrFN/c1-13-4-3-5-14(8-13)6-7-18(21-2)11-15-9-16(19)12-17(20)10-15/h3-5,8-10,12,18,21H,6-7,11H2,1-2H3. The molecule has 21 heavy (non-hydrogen) atoms. The van der Waals surface area contributed by atoms with E-state index >= 15 is 0 Å². The molecule has 0 aliphatic carbocycles. The first kappa shape index (κ1) is 16.2. The maximum atomic E-state index is 13.4. The van der Waals surface area contributed by atoms with Gasteiger partial charge in [0.25, 0.3) is 0 Å². The van der Waals surface area contributed by atoms with Crippen molar-refractivity contribution in [3.05, 3.63) is 69.4 Å². The van der Waals surface area contributed by atoms with Crippen LogP contribution in [0.4, 0.5) is 4.39 Å². The quantitative estimate of drug-likeness (QED) is 0.799. The summed E-state index contributed by atoms with van der Waals surface area (Å²) < 4.78 is 14.2. The van der Waals surface area contributed by atoms with Gasteiger partial charge >= 0.3 is 0 Å². The van der Waals surface area contributed by atoms with Gasteiger partial charge in [-0.2, -0.15) is 0 Å². The van der Waals surface area contributed by atoms with Gasteiger partial charge in [-0.15, -0.1) is 0 Å². The maximum Gasteiger partial charge on any atom is 0.124 e. The van der Waals surface area contributed by atoms with Crippen molar-refractivity contribution in [1.82, 2.24) is 5.32 Å². The number of hydrogen-bond acceptors (Lipinski definition) is 1. The average molecular weight is 350 g/mol. The Morgan fingerprint density at radius 2 is 1.95 bits per heavy atom. The number of hydrogen-bond donors (Lipinski definition) is 1. The van der Waals surface area contributed by atoms with Crippen molar-refractivity contribution < 1.29 is 4.39 Å². The zero-order valence-corrected chi connectivity index (χ0v) is 14.1. The van der Waals surface area contributed by atoms with Crippen LogP contribution in [0.25, 0.3) is 0 Å². The van der Waals surface area contributed by atoms with Crippen LogP contribution >= 0.6 is 15.9 Å². The predicted molar refractivity (Wildman–Crippen MR) is 90.2 cm³/mol. The van der Waals surface area contributed by atoms with Crippen molar-refractivity contribution >= 4 is 15.9 Å². The van der Waals surface area contributed by atoms with Crippen LogP contribution in [0, 0.1) is 12.7 Å². The fraction of sp³-hybridized carbons (Fsp3) is 0.333. The zero-order valence-electron chi connectivity index (χ0n) is 12.5. The average Bonchev–Trinajstić information content (AvgIpc) is 2.42. The van der Waals surface area contributed by atoms with E-state index in [0.29, 0.717) is 6.04 Å². The molecule has 0 aliphatic heterocycles. The van der Waals surface area contributed by atoms with Crippen molar-refractivity contribution in [2.24, 2.45) is 0 Å². The minimum absolute atomic E-state index is 0.187. The Labute approximate surface area is 134 Å². The third-order valence-corrected chi connectivity index (χ3v) is 4.13. The third kappa shape index (κ3) is 5.25. The van der Waals surface area contributed by atoms with Gasteiger partial charge in [-0.05, 0) is 62.6 Å². The van der Waals surface area contributed by atoms with Gasteiger partial charge in [0, 0.05) is 10.5 Å². The van der Waals surface area contributed by atoms with Gasteiger partial charge in [0.05, 0.1) is 0 Å². The summed E-state index contributed by atoms with van der Waals surface area (Å²) in [5, 5.41) is 3.34. The van der Waals surface area contributed by atoms with E-state index in [-0.39, 0.29) is 5.82 Å². The van der Waals surface area contributed by atoms with Gasteiger partial charge < -0.3 is 5.32 Å². The van der Waals surface area contributed by atoms with Crippen molar-refractivity contribution in [1.29, 1.82) is 0 Å². The lowest BCUT2D eigenvalue weighted by molar-refractivity contribution is 0.518. The second-order valence-corrected chi connectivity index (χ2v) is 6.41. The van der Waals surface area contributed by atoms with Gasteiger partial charge in [-0.3, -0.25) is 0 Å². The molecule has 1 atom stereocenters. The molecule has 0 spiro atoms. The molecule has 0 aromatic heterocycles. The van der Waals surface area contributed by atoms with Crippen LogP contribution in [0.15, 0.2) is 46.9 Å². The summed E-state index contributed by atoms with van der Waals surface area (Å²) in [6.07, 6.45) is 2.90. The molecule has 2 aromatic rings. The molecule has 1 unspecified atom stereocenters. The Morgan fingerprint density at radius 1 is 1.14 bits per heavy atom. The van der Waals surface area contributed by atoms with Crippen molar-refractivity contribution in [3.63, 3.8) is 0 Å². The summed E-state index contributed by atoms with van der Waals surface area (Å²) in [5.74, 6) is -0.187. The van der Waals surface area contributed by atoms with Crippen LogP contribution in [0.1, 0.15) is 23.1 Å². The summed E-state index contributed by atoms with van der Waals surface area (Å²) in [7, 11) is 1.97. The molecule has 2 rings (SSSR count). The summed E-state index contributed by atoms with van der Waals surface area (Å²) in [4.78, 5) is 0. The topological polar surface area (TPSA) is 12.0 Å².